The molecule has 0 unspecified atom stereocenters. The molecule has 1 aromatic carbocycles. The van der Waals surface area contributed by atoms with E-state index in [1.807, 2.05) is 18.3 Å². The quantitative estimate of drug-likeness (QED) is 0.681. The number of rotatable bonds is 3. The van der Waals surface area contributed by atoms with E-state index in [-0.39, 0.29) is 12.1 Å². The van der Waals surface area contributed by atoms with E-state index in [1.54, 1.807) is 0 Å². The molecule has 0 amide bonds. The minimum absolute atomic E-state index is 0.000266. The summed E-state index contributed by atoms with van der Waals surface area (Å²) in [4.78, 5) is 6.86. The first-order valence-electron chi connectivity index (χ1n) is 9.17. The first-order valence-corrected chi connectivity index (χ1v) is 9.58. The number of hydrogen-bond donors (Lipinski definition) is 1. The minimum Gasteiger partial charge on any atom is -0.352 e. The lowest BCUT2D eigenvalue weighted by atomic mass is 9.96. The van der Waals surface area contributed by atoms with Gasteiger partial charge >= 0.3 is 0 Å². The highest BCUT2D eigenvalue weighted by Gasteiger charge is 2.42. The molecular formula is C22H24N4S. The number of pyridine rings is 1. The lowest BCUT2D eigenvalue weighted by molar-refractivity contribution is 0.564. The molecule has 5 heteroatoms. The molecule has 2 aromatic heterocycles. The summed E-state index contributed by atoms with van der Waals surface area (Å²) >= 11 is 5.78. The largest absolute Gasteiger partial charge is 0.352 e. The highest BCUT2D eigenvalue weighted by atomic mass is 32.1. The Balaban J connectivity index is 1.89. The van der Waals surface area contributed by atoms with Crippen LogP contribution in [0.5, 0.6) is 0 Å². The van der Waals surface area contributed by atoms with E-state index in [9.17, 15) is 0 Å². The van der Waals surface area contributed by atoms with E-state index >= 15 is 0 Å². The summed E-state index contributed by atoms with van der Waals surface area (Å²) in [5.41, 5.74) is 7.10. The maximum atomic E-state index is 5.78. The number of anilines is 1. The van der Waals surface area contributed by atoms with Gasteiger partial charge in [-0.15, -0.1) is 0 Å². The molecule has 3 aromatic rings. The molecule has 0 radical (unpaired) electrons. The van der Waals surface area contributed by atoms with Crippen LogP contribution in [0, 0.1) is 20.8 Å². The van der Waals surface area contributed by atoms with Gasteiger partial charge in [0.2, 0.25) is 0 Å². The normalized spacial score (nSPS) is 19.4. The van der Waals surface area contributed by atoms with Crippen LogP contribution in [0.3, 0.4) is 0 Å². The molecule has 1 aliphatic heterocycles. The summed E-state index contributed by atoms with van der Waals surface area (Å²) in [6, 6.07) is 16.9. The SMILES string of the molecule is Cc1cccc(N2C(=S)N[C@@H](c3ccccn3)[C@@H]2c2cc(C)n(C)c2C)c1. The average Bonchev–Trinajstić information content (AvgIpc) is 3.14. The predicted molar refractivity (Wildman–Crippen MR) is 114 cm³/mol. The van der Waals surface area contributed by atoms with E-state index in [0.717, 1.165) is 16.5 Å². The Hall–Kier alpha value is -2.66. The van der Waals surface area contributed by atoms with Crippen molar-refractivity contribution in [3.8, 4) is 0 Å². The molecule has 3 heterocycles. The fourth-order valence-corrected chi connectivity index (χ4v) is 4.26. The molecule has 0 aliphatic carbocycles. The van der Waals surface area contributed by atoms with Gasteiger partial charge in [0.05, 0.1) is 17.8 Å². The van der Waals surface area contributed by atoms with E-state index in [4.69, 9.17) is 12.2 Å². The summed E-state index contributed by atoms with van der Waals surface area (Å²) in [5.74, 6) is 0. The second kappa shape index (κ2) is 6.82. The van der Waals surface area contributed by atoms with Crippen molar-refractivity contribution in [1.29, 1.82) is 0 Å². The number of hydrogen-bond acceptors (Lipinski definition) is 2. The Bertz CT molecular complexity index is 993. The van der Waals surface area contributed by atoms with Gasteiger partial charge in [0.15, 0.2) is 5.11 Å². The number of aryl methyl sites for hydroxylation is 2. The van der Waals surface area contributed by atoms with Crippen LogP contribution in [0.2, 0.25) is 0 Å². The van der Waals surface area contributed by atoms with E-state index < -0.39 is 0 Å². The van der Waals surface area contributed by atoms with Crippen molar-refractivity contribution < 1.29 is 0 Å². The number of aromatic nitrogens is 2. The molecule has 0 saturated carbocycles. The topological polar surface area (TPSA) is 33.1 Å². The lowest BCUT2D eigenvalue weighted by Crippen LogP contribution is -2.29. The Labute approximate surface area is 165 Å². The van der Waals surface area contributed by atoms with Crippen molar-refractivity contribution in [3.63, 3.8) is 0 Å². The fraction of sp³-hybridized carbons (Fsp3) is 0.273. The Morgan fingerprint density at radius 3 is 2.48 bits per heavy atom. The first kappa shape index (κ1) is 17.7. The van der Waals surface area contributed by atoms with Crippen LogP contribution in [0.4, 0.5) is 5.69 Å². The van der Waals surface area contributed by atoms with Crippen molar-refractivity contribution in [3.05, 3.63) is 82.9 Å². The zero-order valence-corrected chi connectivity index (χ0v) is 16.9. The van der Waals surface area contributed by atoms with Crippen LogP contribution in [-0.2, 0) is 7.05 Å². The second-order valence-corrected chi connectivity index (χ2v) is 7.61. The van der Waals surface area contributed by atoms with E-state index in [0.29, 0.717) is 0 Å². The molecule has 1 aliphatic rings. The van der Waals surface area contributed by atoms with Gasteiger partial charge in [-0.2, -0.15) is 0 Å². The zero-order chi connectivity index (χ0) is 19.1. The number of nitrogens with zero attached hydrogens (tertiary/aromatic N) is 3. The Morgan fingerprint density at radius 2 is 1.85 bits per heavy atom. The third-order valence-electron chi connectivity index (χ3n) is 5.51. The zero-order valence-electron chi connectivity index (χ0n) is 16.1. The minimum atomic E-state index is -0.000266. The maximum Gasteiger partial charge on any atom is 0.174 e. The summed E-state index contributed by atoms with van der Waals surface area (Å²) in [6.07, 6.45) is 1.84. The molecule has 27 heavy (non-hydrogen) atoms. The van der Waals surface area contributed by atoms with Crippen LogP contribution >= 0.6 is 12.2 Å². The van der Waals surface area contributed by atoms with Crippen LogP contribution in [-0.4, -0.2) is 14.7 Å². The van der Waals surface area contributed by atoms with E-state index in [2.05, 4.69) is 84.0 Å². The van der Waals surface area contributed by atoms with Crippen molar-refractivity contribution in [2.45, 2.75) is 32.9 Å². The van der Waals surface area contributed by atoms with Crippen LogP contribution in [0.25, 0.3) is 0 Å². The van der Waals surface area contributed by atoms with Crippen molar-refractivity contribution in [1.82, 2.24) is 14.9 Å². The highest BCUT2D eigenvalue weighted by molar-refractivity contribution is 7.80. The van der Waals surface area contributed by atoms with Crippen molar-refractivity contribution in [2.75, 3.05) is 4.90 Å². The van der Waals surface area contributed by atoms with Crippen LogP contribution in [0.15, 0.2) is 54.7 Å². The smallest absolute Gasteiger partial charge is 0.174 e. The summed E-state index contributed by atoms with van der Waals surface area (Å²) in [6.45, 7) is 6.43. The first-order chi connectivity index (χ1) is 13.0. The van der Waals surface area contributed by atoms with Gasteiger partial charge < -0.3 is 14.8 Å². The summed E-state index contributed by atoms with van der Waals surface area (Å²) in [7, 11) is 2.11. The number of nitrogens with one attached hydrogen (secondary N) is 1. The van der Waals surface area contributed by atoms with Gasteiger partial charge in [-0.05, 0) is 74.4 Å². The van der Waals surface area contributed by atoms with Gasteiger partial charge in [0.1, 0.15) is 0 Å². The molecule has 1 saturated heterocycles. The van der Waals surface area contributed by atoms with E-state index in [1.165, 1.54) is 22.5 Å². The van der Waals surface area contributed by atoms with Gasteiger partial charge in [-0.3, -0.25) is 4.98 Å². The van der Waals surface area contributed by atoms with Gasteiger partial charge in [-0.1, -0.05) is 18.2 Å². The molecule has 0 bridgehead atoms. The number of benzene rings is 1. The molecule has 1 N–H and O–H groups in total. The molecule has 2 atom stereocenters. The van der Waals surface area contributed by atoms with Gasteiger partial charge in [0.25, 0.3) is 0 Å². The molecule has 138 valence electrons. The van der Waals surface area contributed by atoms with Crippen LogP contribution in [0.1, 0.15) is 40.3 Å². The Morgan fingerprint density at radius 1 is 1.04 bits per heavy atom. The third-order valence-corrected chi connectivity index (χ3v) is 5.83. The molecular weight excluding hydrogens is 352 g/mol. The molecule has 1 fully saturated rings. The second-order valence-electron chi connectivity index (χ2n) is 7.22. The monoisotopic (exact) mass is 376 g/mol. The van der Waals surface area contributed by atoms with Crippen molar-refractivity contribution >= 4 is 23.0 Å². The van der Waals surface area contributed by atoms with Gasteiger partial charge in [-0.25, -0.2) is 0 Å². The average molecular weight is 377 g/mol. The fourth-order valence-electron chi connectivity index (χ4n) is 3.91. The summed E-state index contributed by atoms with van der Waals surface area (Å²) in [5, 5.41) is 4.27. The Kier molecular flexibility index (Phi) is 4.48. The molecule has 4 nitrogen and oxygen atoms in total. The van der Waals surface area contributed by atoms with Crippen LogP contribution < -0.4 is 10.2 Å². The number of thiocarbonyl (C=S) groups is 1. The summed E-state index contributed by atoms with van der Waals surface area (Å²) < 4.78 is 2.24. The lowest BCUT2D eigenvalue weighted by Gasteiger charge is -2.28. The highest BCUT2D eigenvalue weighted by Crippen LogP contribution is 2.43. The molecule has 0 spiro atoms. The van der Waals surface area contributed by atoms with Crippen molar-refractivity contribution in [2.24, 2.45) is 7.05 Å². The maximum absolute atomic E-state index is 5.78. The molecule has 4 rings (SSSR count). The predicted octanol–water partition coefficient (Wildman–Crippen LogP) is 4.52. The third kappa shape index (κ3) is 3.02. The standard InChI is InChI=1S/C22H24N4S/c1-14-8-7-9-17(12-14)26-21(18-13-15(2)25(4)16(18)3)20(24-22(26)27)19-10-5-6-11-23-19/h5-13,20-21H,1-4H3,(H,24,27)/t20-,21-/m0/s1. The van der Waals surface area contributed by atoms with Gasteiger partial charge in [0, 0.05) is 30.3 Å².